The minimum Gasteiger partial charge on any atom is -0.497 e. The van der Waals surface area contributed by atoms with Crippen LogP contribution in [0.5, 0.6) is 5.75 Å². The van der Waals surface area contributed by atoms with Gasteiger partial charge in [0.05, 0.1) is 12.8 Å². The number of halogens is 3. The molecular formula is C14H16BrF2NO2. The van der Waals surface area contributed by atoms with Crippen LogP contribution in [0.4, 0.5) is 14.5 Å². The van der Waals surface area contributed by atoms with E-state index in [9.17, 15) is 13.6 Å². The molecule has 0 aliphatic heterocycles. The van der Waals surface area contributed by atoms with Crippen molar-refractivity contribution in [2.24, 2.45) is 5.92 Å². The summed E-state index contributed by atoms with van der Waals surface area (Å²) in [7, 11) is 1.54. The van der Waals surface area contributed by atoms with Gasteiger partial charge in [-0.25, -0.2) is 8.78 Å². The van der Waals surface area contributed by atoms with Gasteiger partial charge in [-0.15, -0.1) is 0 Å². The maximum Gasteiger partial charge on any atom is 0.248 e. The molecular weight excluding hydrogens is 332 g/mol. The topological polar surface area (TPSA) is 38.3 Å². The molecule has 6 heteroatoms. The first-order valence-corrected chi connectivity index (χ1v) is 7.23. The summed E-state index contributed by atoms with van der Waals surface area (Å²) in [4.78, 5) is 12.1. The van der Waals surface area contributed by atoms with Gasteiger partial charge >= 0.3 is 0 Å². The Morgan fingerprint density at radius 1 is 1.40 bits per heavy atom. The molecule has 1 amide bonds. The van der Waals surface area contributed by atoms with Crippen LogP contribution < -0.4 is 10.1 Å². The van der Waals surface area contributed by atoms with E-state index in [2.05, 4.69) is 21.2 Å². The summed E-state index contributed by atoms with van der Waals surface area (Å²) in [5.74, 6) is -2.56. The molecule has 1 aromatic carbocycles. The van der Waals surface area contributed by atoms with Crippen molar-refractivity contribution in [1.82, 2.24) is 0 Å². The molecule has 0 spiro atoms. The Bertz CT molecular complexity index is 498. The second kappa shape index (κ2) is 6.08. The minimum absolute atomic E-state index is 0.213. The van der Waals surface area contributed by atoms with Crippen molar-refractivity contribution in [3.05, 3.63) is 22.7 Å². The Morgan fingerprint density at radius 2 is 2.05 bits per heavy atom. The molecule has 0 bridgehead atoms. The third kappa shape index (κ3) is 3.69. The van der Waals surface area contributed by atoms with E-state index in [0.29, 0.717) is 11.4 Å². The van der Waals surface area contributed by atoms with E-state index in [4.69, 9.17) is 4.74 Å². The van der Waals surface area contributed by atoms with Gasteiger partial charge in [-0.3, -0.25) is 4.79 Å². The smallest absolute Gasteiger partial charge is 0.248 e. The van der Waals surface area contributed by atoms with Gasteiger partial charge in [0.2, 0.25) is 11.8 Å². The van der Waals surface area contributed by atoms with Crippen LogP contribution >= 0.6 is 15.9 Å². The molecule has 1 N–H and O–H groups in total. The van der Waals surface area contributed by atoms with Crippen molar-refractivity contribution < 1.29 is 18.3 Å². The molecule has 2 rings (SSSR count). The van der Waals surface area contributed by atoms with Crippen LogP contribution in [0.3, 0.4) is 0 Å². The Labute approximate surface area is 124 Å². The zero-order valence-corrected chi connectivity index (χ0v) is 12.7. The number of carbonyl (C=O) groups excluding carboxylic acids is 1. The molecule has 1 aromatic rings. The quantitative estimate of drug-likeness (QED) is 0.888. The molecule has 0 saturated heterocycles. The summed E-state index contributed by atoms with van der Waals surface area (Å²) in [6.07, 6.45) is 0.00950. The van der Waals surface area contributed by atoms with Crippen LogP contribution in [0.2, 0.25) is 0 Å². The van der Waals surface area contributed by atoms with E-state index >= 15 is 0 Å². The van der Waals surface area contributed by atoms with E-state index in [-0.39, 0.29) is 37.5 Å². The SMILES string of the molecule is COc1ccc(Br)c(NC(=O)C2CCC(F)(F)CC2)c1. The Hall–Kier alpha value is -1.17. The lowest BCUT2D eigenvalue weighted by molar-refractivity contribution is -0.124. The first kappa shape index (κ1) is 15.2. The van der Waals surface area contributed by atoms with E-state index in [0.717, 1.165) is 4.47 Å². The number of amides is 1. The van der Waals surface area contributed by atoms with Crippen LogP contribution in [-0.4, -0.2) is 18.9 Å². The van der Waals surface area contributed by atoms with Crippen molar-refractivity contribution in [1.29, 1.82) is 0 Å². The lowest BCUT2D eigenvalue weighted by Gasteiger charge is -2.27. The predicted octanol–water partition coefficient (Wildman–Crippen LogP) is 4.22. The zero-order valence-electron chi connectivity index (χ0n) is 11.1. The van der Waals surface area contributed by atoms with E-state index in [1.165, 1.54) is 7.11 Å². The molecule has 0 radical (unpaired) electrons. The molecule has 1 saturated carbocycles. The highest BCUT2D eigenvalue weighted by molar-refractivity contribution is 9.10. The maximum absolute atomic E-state index is 13.1. The fourth-order valence-electron chi connectivity index (χ4n) is 2.26. The predicted molar refractivity (Wildman–Crippen MR) is 76.2 cm³/mol. The third-order valence-electron chi connectivity index (χ3n) is 3.52. The summed E-state index contributed by atoms with van der Waals surface area (Å²) < 4.78 is 32.0. The lowest BCUT2D eigenvalue weighted by atomic mass is 9.86. The van der Waals surface area contributed by atoms with Gasteiger partial charge in [0.1, 0.15) is 5.75 Å². The number of nitrogens with one attached hydrogen (secondary N) is 1. The highest BCUT2D eigenvalue weighted by Gasteiger charge is 2.37. The van der Waals surface area contributed by atoms with Gasteiger partial charge in [0.15, 0.2) is 0 Å². The molecule has 0 unspecified atom stereocenters. The van der Waals surface area contributed by atoms with Crippen molar-refractivity contribution in [3.8, 4) is 5.75 Å². The number of hydrogen-bond acceptors (Lipinski definition) is 2. The van der Waals surface area contributed by atoms with Crippen LogP contribution in [0, 0.1) is 5.92 Å². The molecule has 3 nitrogen and oxygen atoms in total. The average molecular weight is 348 g/mol. The summed E-state index contributed by atoms with van der Waals surface area (Å²) in [5.41, 5.74) is 0.590. The fraction of sp³-hybridized carbons (Fsp3) is 0.500. The van der Waals surface area contributed by atoms with Crippen LogP contribution in [0.25, 0.3) is 0 Å². The largest absolute Gasteiger partial charge is 0.497 e. The molecule has 1 aliphatic carbocycles. The minimum atomic E-state index is -2.62. The van der Waals surface area contributed by atoms with Crippen molar-refractivity contribution in [2.45, 2.75) is 31.6 Å². The highest BCUT2D eigenvalue weighted by atomic mass is 79.9. The van der Waals surface area contributed by atoms with Crippen LogP contribution in [-0.2, 0) is 4.79 Å². The number of ether oxygens (including phenoxy) is 1. The van der Waals surface area contributed by atoms with Crippen molar-refractivity contribution in [2.75, 3.05) is 12.4 Å². The standard InChI is InChI=1S/C14H16BrF2NO2/c1-20-10-2-3-11(15)12(8-10)18-13(19)9-4-6-14(16,17)7-5-9/h2-3,8-9H,4-7H2,1H3,(H,18,19). The van der Waals surface area contributed by atoms with Gasteiger partial charge in [0.25, 0.3) is 0 Å². The van der Waals surface area contributed by atoms with Gasteiger partial charge in [0, 0.05) is 29.3 Å². The molecule has 0 heterocycles. The summed E-state index contributed by atoms with van der Waals surface area (Å²) >= 11 is 3.34. The fourth-order valence-corrected chi connectivity index (χ4v) is 2.61. The summed E-state index contributed by atoms with van der Waals surface area (Å²) in [6.45, 7) is 0. The van der Waals surface area contributed by atoms with E-state index in [1.54, 1.807) is 18.2 Å². The molecule has 0 aromatic heterocycles. The van der Waals surface area contributed by atoms with Gasteiger partial charge < -0.3 is 10.1 Å². The summed E-state index contributed by atoms with van der Waals surface area (Å²) in [5, 5.41) is 2.77. The summed E-state index contributed by atoms with van der Waals surface area (Å²) in [6, 6.07) is 5.23. The van der Waals surface area contributed by atoms with E-state index in [1.807, 2.05) is 0 Å². The number of rotatable bonds is 3. The zero-order chi connectivity index (χ0) is 14.8. The van der Waals surface area contributed by atoms with Gasteiger partial charge in [-0.05, 0) is 40.9 Å². The number of alkyl halides is 2. The van der Waals surface area contributed by atoms with Crippen LogP contribution in [0.15, 0.2) is 22.7 Å². The van der Waals surface area contributed by atoms with Crippen molar-refractivity contribution in [3.63, 3.8) is 0 Å². The lowest BCUT2D eigenvalue weighted by Crippen LogP contribution is -2.31. The normalized spacial score (nSPS) is 18.6. The molecule has 0 atom stereocenters. The average Bonchev–Trinajstić information content (AvgIpc) is 2.41. The highest BCUT2D eigenvalue weighted by Crippen LogP contribution is 2.37. The second-order valence-electron chi connectivity index (χ2n) is 4.97. The number of carbonyl (C=O) groups is 1. The maximum atomic E-state index is 13.1. The van der Waals surface area contributed by atoms with Gasteiger partial charge in [-0.1, -0.05) is 0 Å². The monoisotopic (exact) mass is 347 g/mol. The molecule has 1 aliphatic rings. The number of benzene rings is 1. The molecule has 20 heavy (non-hydrogen) atoms. The number of hydrogen-bond donors (Lipinski definition) is 1. The van der Waals surface area contributed by atoms with Gasteiger partial charge in [-0.2, -0.15) is 0 Å². The molecule has 110 valence electrons. The first-order valence-electron chi connectivity index (χ1n) is 6.43. The first-order chi connectivity index (χ1) is 9.41. The number of anilines is 1. The second-order valence-corrected chi connectivity index (χ2v) is 5.82. The Balaban J connectivity index is 2.01. The van der Waals surface area contributed by atoms with Crippen LogP contribution in [0.1, 0.15) is 25.7 Å². The number of methoxy groups -OCH3 is 1. The molecule has 1 fully saturated rings. The van der Waals surface area contributed by atoms with E-state index < -0.39 is 5.92 Å². The Morgan fingerprint density at radius 3 is 2.65 bits per heavy atom. The third-order valence-corrected chi connectivity index (χ3v) is 4.21. The Kier molecular flexibility index (Phi) is 4.62. The van der Waals surface area contributed by atoms with Crippen molar-refractivity contribution >= 4 is 27.5 Å².